The molecule has 1 rings (SSSR count). The van der Waals surface area contributed by atoms with Crippen molar-refractivity contribution in [2.24, 2.45) is 4.99 Å². The first-order chi connectivity index (χ1) is 11.6. The zero-order valence-corrected chi connectivity index (χ0v) is 18.9. The average molecular weight is 470 g/mol. The number of nitrogens with zero attached hydrogens (tertiary/aromatic N) is 2. The number of rotatable bonds is 11. The summed E-state index contributed by atoms with van der Waals surface area (Å²) in [6, 6.07) is 0. The van der Waals surface area contributed by atoms with Crippen LogP contribution in [-0.4, -0.2) is 76.6 Å². The highest BCUT2D eigenvalue weighted by Gasteiger charge is 2.34. The number of nitrogens with one attached hydrogen (secondary N) is 2. The van der Waals surface area contributed by atoms with Gasteiger partial charge in [-0.25, -0.2) is 0 Å². The highest BCUT2D eigenvalue weighted by Crippen LogP contribution is 2.26. The molecular weight excluding hydrogens is 431 g/mol. The molecule has 25 heavy (non-hydrogen) atoms. The van der Waals surface area contributed by atoms with Crippen LogP contribution in [0.5, 0.6) is 0 Å². The van der Waals surface area contributed by atoms with E-state index in [1.165, 1.54) is 6.42 Å². The first kappa shape index (κ1) is 24.9. The van der Waals surface area contributed by atoms with Gasteiger partial charge in [0.15, 0.2) is 5.96 Å². The number of unbranched alkanes of at least 4 members (excludes halogenated alkanes) is 1. The number of hydrogen-bond acceptors (Lipinski definition) is 4. The fraction of sp³-hybridized carbons (Fsp3) is 0.944. The van der Waals surface area contributed by atoms with Crippen LogP contribution in [-0.2, 0) is 9.47 Å². The van der Waals surface area contributed by atoms with Gasteiger partial charge in [0.2, 0.25) is 0 Å². The summed E-state index contributed by atoms with van der Waals surface area (Å²) >= 11 is 0. The molecule has 7 heteroatoms. The average Bonchev–Trinajstić information content (AvgIpc) is 2.59. The Balaban J connectivity index is 0.00000576. The van der Waals surface area contributed by atoms with Crippen LogP contribution in [0.15, 0.2) is 4.99 Å². The van der Waals surface area contributed by atoms with E-state index in [4.69, 9.17) is 14.5 Å². The Bertz CT molecular complexity index is 348. The van der Waals surface area contributed by atoms with Crippen molar-refractivity contribution in [2.75, 3.05) is 60.2 Å². The van der Waals surface area contributed by atoms with Crippen molar-refractivity contribution in [1.82, 2.24) is 15.5 Å². The zero-order chi connectivity index (χ0) is 17.7. The molecule has 0 unspecified atom stereocenters. The lowest BCUT2D eigenvalue weighted by molar-refractivity contribution is -0.00254. The highest BCUT2D eigenvalue weighted by atomic mass is 127. The topological polar surface area (TPSA) is 58.1 Å². The fourth-order valence-corrected chi connectivity index (χ4v) is 2.80. The molecule has 0 radical (unpaired) electrons. The van der Waals surface area contributed by atoms with Gasteiger partial charge in [0.25, 0.3) is 0 Å². The fourth-order valence-electron chi connectivity index (χ4n) is 2.80. The van der Waals surface area contributed by atoms with Crippen LogP contribution in [0.2, 0.25) is 0 Å². The van der Waals surface area contributed by atoms with Gasteiger partial charge in [-0.1, -0.05) is 13.3 Å². The van der Waals surface area contributed by atoms with Crippen LogP contribution >= 0.6 is 24.0 Å². The Hall–Kier alpha value is -0.120. The van der Waals surface area contributed by atoms with Crippen molar-refractivity contribution >= 4 is 29.9 Å². The minimum atomic E-state index is 0. The number of halogens is 1. The first-order valence-corrected chi connectivity index (χ1v) is 9.49. The third kappa shape index (κ3) is 9.96. The van der Waals surface area contributed by atoms with E-state index >= 15 is 0 Å². The number of hydrogen-bond donors (Lipinski definition) is 2. The zero-order valence-electron chi connectivity index (χ0n) is 16.6. The molecule has 0 saturated carbocycles. The number of ether oxygens (including phenoxy) is 2. The normalized spacial score (nSPS) is 17.2. The van der Waals surface area contributed by atoms with Crippen molar-refractivity contribution in [2.45, 2.75) is 51.5 Å². The van der Waals surface area contributed by atoms with Crippen molar-refractivity contribution in [3.05, 3.63) is 0 Å². The van der Waals surface area contributed by atoms with Gasteiger partial charge in [0.05, 0.1) is 6.54 Å². The van der Waals surface area contributed by atoms with E-state index in [9.17, 15) is 0 Å². The maximum Gasteiger partial charge on any atom is 0.191 e. The molecule has 6 nitrogen and oxygen atoms in total. The molecule has 2 N–H and O–H groups in total. The number of likely N-dealkylation sites (N-methyl/N-ethyl adjacent to an activating group) is 1. The smallest absolute Gasteiger partial charge is 0.191 e. The van der Waals surface area contributed by atoms with E-state index in [0.29, 0.717) is 0 Å². The van der Waals surface area contributed by atoms with E-state index in [2.05, 4.69) is 43.5 Å². The Kier molecular flexibility index (Phi) is 14.9. The van der Waals surface area contributed by atoms with Gasteiger partial charge in [-0.05, 0) is 46.7 Å². The molecule has 0 aliphatic carbocycles. The van der Waals surface area contributed by atoms with E-state index in [1.807, 2.05) is 0 Å². The standard InChI is InChI=1S/C18H38N4O2.HI/c1-5-7-12-23-13-8-11-20-17(19-6-2)21-16-18(22(3)4)9-14-24-15-10-18;/h5-16H2,1-4H3,(H2,19,20,21);1H. The molecular formula is C18H39IN4O2. The highest BCUT2D eigenvalue weighted by molar-refractivity contribution is 14.0. The maximum atomic E-state index is 5.60. The number of aliphatic imine (C=N–C) groups is 1. The molecule has 0 bridgehead atoms. The Morgan fingerprint density at radius 3 is 2.40 bits per heavy atom. The van der Waals surface area contributed by atoms with E-state index < -0.39 is 0 Å². The SMILES string of the molecule is CCCCOCCCNC(=NCC1(N(C)C)CCOCC1)NCC.I. The Labute approximate surface area is 171 Å². The van der Waals surface area contributed by atoms with Crippen molar-refractivity contribution in [1.29, 1.82) is 0 Å². The van der Waals surface area contributed by atoms with Crippen LogP contribution < -0.4 is 10.6 Å². The molecule has 0 aromatic rings. The molecule has 1 aliphatic rings. The van der Waals surface area contributed by atoms with Gasteiger partial charge >= 0.3 is 0 Å². The van der Waals surface area contributed by atoms with E-state index in [0.717, 1.165) is 77.7 Å². The summed E-state index contributed by atoms with van der Waals surface area (Å²) < 4.78 is 11.1. The molecule has 1 heterocycles. The molecule has 1 aliphatic heterocycles. The Morgan fingerprint density at radius 2 is 1.80 bits per heavy atom. The molecule has 0 spiro atoms. The number of guanidine groups is 1. The van der Waals surface area contributed by atoms with Crippen LogP contribution in [0.4, 0.5) is 0 Å². The lowest BCUT2D eigenvalue weighted by atomic mass is 9.89. The second-order valence-electron chi connectivity index (χ2n) is 6.67. The lowest BCUT2D eigenvalue weighted by Gasteiger charge is -2.41. The minimum Gasteiger partial charge on any atom is -0.381 e. The molecule has 0 aromatic carbocycles. The summed E-state index contributed by atoms with van der Waals surface area (Å²) in [5, 5.41) is 6.75. The summed E-state index contributed by atoms with van der Waals surface area (Å²) in [4.78, 5) is 7.14. The minimum absolute atomic E-state index is 0. The van der Waals surface area contributed by atoms with Gasteiger partial charge in [-0.3, -0.25) is 4.99 Å². The molecule has 1 saturated heterocycles. The van der Waals surface area contributed by atoms with Crippen molar-refractivity contribution in [3.63, 3.8) is 0 Å². The van der Waals surface area contributed by atoms with Gasteiger partial charge < -0.3 is 25.0 Å². The van der Waals surface area contributed by atoms with Gasteiger partial charge in [0, 0.05) is 45.1 Å². The van der Waals surface area contributed by atoms with Crippen LogP contribution in [0.3, 0.4) is 0 Å². The summed E-state index contributed by atoms with van der Waals surface area (Å²) in [6.07, 6.45) is 5.41. The largest absolute Gasteiger partial charge is 0.381 e. The van der Waals surface area contributed by atoms with Gasteiger partial charge in [0.1, 0.15) is 0 Å². The van der Waals surface area contributed by atoms with Gasteiger partial charge in [-0.15, -0.1) is 24.0 Å². The third-order valence-electron chi connectivity index (χ3n) is 4.65. The molecule has 0 atom stereocenters. The Morgan fingerprint density at radius 1 is 1.12 bits per heavy atom. The molecule has 0 aromatic heterocycles. The second-order valence-corrected chi connectivity index (χ2v) is 6.67. The predicted molar refractivity (Wildman–Crippen MR) is 116 cm³/mol. The van der Waals surface area contributed by atoms with Crippen molar-refractivity contribution < 1.29 is 9.47 Å². The van der Waals surface area contributed by atoms with E-state index in [-0.39, 0.29) is 29.5 Å². The van der Waals surface area contributed by atoms with Crippen LogP contribution in [0.1, 0.15) is 46.0 Å². The summed E-state index contributed by atoms with van der Waals surface area (Å²) in [7, 11) is 4.30. The molecule has 1 fully saturated rings. The van der Waals surface area contributed by atoms with Crippen LogP contribution in [0, 0.1) is 0 Å². The maximum absolute atomic E-state index is 5.60. The van der Waals surface area contributed by atoms with Gasteiger partial charge in [-0.2, -0.15) is 0 Å². The molecule has 150 valence electrons. The third-order valence-corrected chi connectivity index (χ3v) is 4.65. The summed E-state index contributed by atoms with van der Waals surface area (Å²) in [5.41, 5.74) is 0.115. The quantitative estimate of drug-likeness (QED) is 0.210. The van der Waals surface area contributed by atoms with E-state index in [1.54, 1.807) is 0 Å². The monoisotopic (exact) mass is 470 g/mol. The second kappa shape index (κ2) is 15.0. The lowest BCUT2D eigenvalue weighted by Crippen LogP contribution is -2.51. The van der Waals surface area contributed by atoms with Crippen LogP contribution in [0.25, 0.3) is 0 Å². The molecule has 0 amide bonds. The first-order valence-electron chi connectivity index (χ1n) is 9.49. The summed E-state index contributed by atoms with van der Waals surface area (Å²) in [6.45, 7) is 10.2. The predicted octanol–water partition coefficient (Wildman–Crippen LogP) is 2.48. The summed E-state index contributed by atoms with van der Waals surface area (Å²) in [5.74, 6) is 0.902. The van der Waals surface area contributed by atoms with Crippen molar-refractivity contribution in [3.8, 4) is 0 Å².